The van der Waals surface area contributed by atoms with E-state index in [0.717, 1.165) is 20.3 Å². The van der Waals surface area contributed by atoms with Gasteiger partial charge in [0.15, 0.2) is 5.65 Å². The molecule has 5 N–H and O–H groups in total. The predicted octanol–water partition coefficient (Wildman–Crippen LogP) is -0.198. The van der Waals surface area contributed by atoms with E-state index >= 15 is 0 Å². The molecule has 0 aromatic carbocycles. The summed E-state index contributed by atoms with van der Waals surface area (Å²) in [6, 6.07) is 2.28. The summed E-state index contributed by atoms with van der Waals surface area (Å²) >= 11 is 2.53. The Balaban J connectivity index is 1.27. The number of fused-ring (bicyclic) bond motifs is 2. The van der Waals surface area contributed by atoms with E-state index in [1.165, 1.54) is 34.5 Å². The number of thioether (sulfide) groups is 2. The molecule has 0 bridgehead atoms. The first-order valence-corrected chi connectivity index (χ1v) is 14.3. The molecule has 0 spiro atoms. The smallest absolute Gasteiger partial charge is 0.367 e. The van der Waals surface area contributed by atoms with Gasteiger partial charge in [-0.05, 0) is 30.5 Å². The van der Waals surface area contributed by atoms with Crippen LogP contribution in [0, 0.1) is 0 Å². The van der Waals surface area contributed by atoms with E-state index in [4.69, 9.17) is 10.8 Å². The number of nitrogens with one attached hydrogen (secondary N) is 1. The Morgan fingerprint density at radius 3 is 2.55 bits per heavy atom. The van der Waals surface area contributed by atoms with Gasteiger partial charge in [-0.3, -0.25) is 19.3 Å². The molecule has 2 atom stereocenters. The van der Waals surface area contributed by atoms with Crippen LogP contribution < -0.4 is 16.7 Å². The highest BCUT2D eigenvalue weighted by Crippen LogP contribution is 2.41. The predicted molar refractivity (Wildman–Crippen MR) is 144 cm³/mol. The topological polar surface area (TPSA) is 202 Å². The van der Waals surface area contributed by atoms with Crippen LogP contribution in [0.2, 0.25) is 0 Å². The van der Waals surface area contributed by atoms with Gasteiger partial charge in [-0.1, -0.05) is 23.3 Å². The van der Waals surface area contributed by atoms with Gasteiger partial charge < -0.3 is 21.3 Å². The fourth-order valence-electron chi connectivity index (χ4n) is 4.74. The number of β-lactam (4-membered cyclic amide) rings is 1. The fraction of sp³-hybridized carbons (Fsp3) is 0.375. The van der Waals surface area contributed by atoms with Gasteiger partial charge in [0.2, 0.25) is 5.91 Å². The molecule has 16 heteroatoms. The van der Waals surface area contributed by atoms with Gasteiger partial charge in [0.1, 0.15) is 28.7 Å². The number of nitrogens with two attached hydrogens (primary N) is 1. The van der Waals surface area contributed by atoms with Crippen molar-refractivity contribution in [1.82, 2.24) is 29.6 Å². The van der Waals surface area contributed by atoms with Crippen LogP contribution in [0.25, 0.3) is 5.65 Å². The standard InChI is InChI=1S/C24H25N7O7S2/c25-8-13-4-2-1-3-12(13)7-16(32)26-19-21(35)30-20(23(36)37)14(11-40-22(19)30)10-39-17-6-5-15-27-29(9-18(33)34)24(38)31(15)28-17/h1-2,5-6,19,22H,3-4,7-11,25H2,(H,26,32)(H,33,34)(H,36,37)/t19?,22-/m0/s1. The zero-order chi connectivity index (χ0) is 28.6. The number of rotatable bonds is 10. The average Bonchev–Trinajstić information content (AvgIpc) is 3.23. The van der Waals surface area contributed by atoms with E-state index in [-0.39, 0.29) is 29.4 Å². The lowest BCUT2D eigenvalue weighted by molar-refractivity contribution is -0.150. The highest BCUT2D eigenvalue weighted by atomic mass is 32.2. The molecule has 1 saturated heterocycles. The van der Waals surface area contributed by atoms with Crippen LogP contribution in [0.15, 0.2) is 56.5 Å². The SMILES string of the molecule is NCC1=C(CC(=O)NC2C(=O)N3C(C(=O)O)=C(CSc4ccc5nn(CC(=O)O)c(=O)n5n4)CS[C@@H]23)CC=CC1. The maximum Gasteiger partial charge on any atom is 0.367 e. The zero-order valence-electron chi connectivity index (χ0n) is 21.0. The lowest BCUT2D eigenvalue weighted by atomic mass is 9.94. The van der Waals surface area contributed by atoms with Crippen molar-refractivity contribution in [3.63, 3.8) is 0 Å². The molecular weight excluding hydrogens is 562 g/mol. The molecule has 5 rings (SSSR count). The normalized spacial score (nSPS) is 20.5. The first-order valence-electron chi connectivity index (χ1n) is 12.2. The average molecular weight is 588 g/mol. The minimum absolute atomic E-state index is 0.121. The molecule has 2 aliphatic heterocycles. The lowest BCUT2D eigenvalue weighted by Gasteiger charge is -2.49. The summed E-state index contributed by atoms with van der Waals surface area (Å²) in [6.07, 6.45) is 5.47. The van der Waals surface area contributed by atoms with Crippen LogP contribution in [0.3, 0.4) is 0 Å². The highest BCUT2D eigenvalue weighted by molar-refractivity contribution is 8.01. The summed E-state index contributed by atoms with van der Waals surface area (Å²) in [5, 5.41) is 29.6. The van der Waals surface area contributed by atoms with E-state index < -0.39 is 41.5 Å². The number of carbonyl (C=O) groups is 4. The molecule has 0 saturated carbocycles. The molecule has 3 aliphatic rings. The summed E-state index contributed by atoms with van der Waals surface area (Å²) in [5.41, 5.74) is 7.58. The van der Waals surface area contributed by atoms with Crippen molar-refractivity contribution in [2.45, 2.75) is 42.2 Å². The van der Waals surface area contributed by atoms with Crippen LogP contribution in [-0.4, -0.2) is 87.7 Å². The van der Waals surface area contributed by atoms with Gasteiger partial charge in [0.25, 0.3) is 5.91 Å². The molecule has 1 fully saturated rings. The van der Waals surface area contributed by atoms with Gasteiger partial charge in [-0.15, -0.1) is 28.6 Å². The van der Waals surface area contributed by atoms with Crippen molar-refractivity contribution in [1.29, 1.82) is 0 Å². The number of carbonyl (C=O) groups excluding carboxylic acids is 2. The molecule has 210 valence electrons. The van der Waals surface area contributed by atoms with E-state index in [1.54, 1.807) is 6.07 Å². The van der Waals surface area contributed by atoms with Gasteiger partial charge in [-0.2, -0.15) is 14.3 Å². The number of carboxylic acids is 2. The second kappa shape index (κ2) is 11.3. The van der Waals surface area contributed by atoms with E-state index in [2.05, 4.69) is 15.5 Å². The number of aliphatic carboxylic acids is 2. The number of nitrogens with zero attached hydrogens (tertiary/aromatic N) is 5. The molecule has 4 heterocycles. The van der Waals surface area contributed by atoms with Crippen molar-refractivity contribution >= 4 is 52.9 Å². The van der Waals surface area contributed by atoms with Crippen LogP contribution in [-0.2, 0) is 25.7 Å². The van der Waals surface area contributed by atoms with Crippen molar-refractivity contribution in [2.24, 2.45) is 5.73 Å². The zero-order valence-corrected chi connectivity index (χ0v) is 22.6. The van der Waals surface area contributed by atoms with E-state index in [0.29, 0.717) is 35.7 Å². The van der Waals surface area contributed by atoms with Gasteiger partial charge in [0, 0.05) is 24.5 Å². The molecule has 1 aliphatic carbocycles. The van der Waals surface area contributed by atoms with Gasteiger partial charge in [0.05, 0.1) is 0 Å². The van der Waals surface area contributed by atoms with Crippen molar-refractivity contribution < 1.29 is 29.4 Å². The molecule has 40 heavy (non-hydrogen) atoms. The number of amides is 2. The second-order valence-corrected chi connectivity index (χ2v) is 11.3. The number of hydrogen-bond donors (Lipinski definition) is 4. The Bertz CT molecular complexity index is 1570. The third-order valence-electron chi connectivity index (χ3n) is 6.68. The molecule has 2 aromatic heterocycles. The van der Waals surface area contributed by atoms with Gasteiger partial charge in [-0.25, -0.2) is 9.59 Å². The van der Waals surface area contributed by atoms with Crippen LogP contribution in [0.5, 0.6) is 0 Å². The second-order valence-electron chi connectivity index (χ2n) is 9.24. The molecule has 2 aromatic rings. The highest BCUT2D eigenvalue weighted by Gasteiger charge is 2.54. The first kappa shape index (κ1) is 27.7. The number of hydrogen-bond acceptors (Lipinski definition) is 10. The minimum atomic E-state index is -1.25. The lowest BCUT2D eigenvalue weighted by Crippen LogP contribution is -2.70. The molecule has 0 radical (unpaired) electrons. The van der Waals surface area contributed by atoms with E-state index in [1.807, 2.05) is 12.2 Å². The summed E-state index contributed by atoms with van der Waals surface area (Å²) < 4.78 is 1.76. The Labute approximate surface area is 234 Å². The van der Waals surface area contributed by atoms with E-state index in [9.17, 15) is 29.1 Å². The minimum Gasteiger partial charge on any atom is -0.480 e. The Kier molecular flexibility index (Phi) is 7.82. The summed E-state index contributed by atoms with van der Waals surface area (Å²) in [5.74, 6) is -2.76. The fourth-order valence-corrected chi connectivity index (χ4v) is 7.08. The van der Waals surface area contributed by atoms with Crippen LogP contribution in [0.1, 0.15) is 19.3 Å². The summed E-state index contributed by atoms with van der Waals surface area (Å²) in [4.78, 5) is 62.4. The Morgan fingerprint density at radius 2 is 1.85 bits per heavy atom. The Morgan fingerprint density at radius 1 is 1.10 bits per heavy atom. The van der Waals surface area contributed by atoms with Gasteiger partial charge >= 0.3 is 17.6 Å². The number of carboxylic acid groups (broad SMARTS) is 2. The largest absolute Gasteiger partial charge is 0.480 e. The van der Waals surface area contributed by atoms with Crippen LogP contribution >= 0.6 is 23.5 Å². The summed E-state index contributed by atoms with van der Waals surface area (Å²) in [7, 11) is 0. The van der Waals surface area contributed by atoms with Crippen molar-refractivity contribution in [3.8, 4) is 0 Å². The molecular formula is C24H25N7O7S2. The molecule has 2 amide bonds. The van der Waals surface area contributed by atoms with Crippen LogP contribution in [0.4, 0.5) is 0 Å². The molecule has 1 unspecified atom stereocenters. The summed E-state index contributed by atoms with van der Waals surface area (Å²) in [6.45, 7) is -0.239. The Hall–Kier alpha value is -3.89. The maximum absolute atomic E-state index is 13.0. The van der Waals surface area contributed by atoms with Crippen molar-refractivity contribution in [3.05, 3.63) is 57.2 Å². The van der Waals surface area contributed by atoms with Crippen molar-refractivity contribution in [2.75, 3.05) is 18.1 Å². The third kappa shape index (κ3) is 5.29. The maximum atomic E-state index is 13.0. The monoisotopic (exact) mass is 587 g/mol. The quantitative estimate of drug-likeness (QED) is 0.162. The first-order chi connectivity index (χ1) is 19.2. The molecule has 14 nitrogen and oxygen atoms in total. The third-order valence-corrected chi connectivity index (χ3v) is 9.02. The number of allylic oxidation sites excluding steroid dienone is 2. The number of aromatic nitrogens is 4.